The third-order valence-corrected chi connectivity index (χ3v) is 7.02. The fraction of sp³-hybridized carbons (Fsp3) is 0.312. The molecule has 9 nitrogen and oxygen atoms in total. The van der Waals surface area contributed by atoms with Gasteiger partial charge in [0.2, 0.25) is 12.3 Å². The number of aliphatic hydroxyl groups excluding tert-OH is 1. The summed E-state index contributed by atoms with van der Waals surface area (Å²) in [5.41, 5.74) is 8.39. The fourth-order valence-corrected chi connectivity index (χ4v) is 5.02. The zero-order valence-corrected chi connectivity index (χ0v) is 24.3. The highest BCUT2D eigenvalue weighted by atomic mass is 19.1. The maximum atomic E-state index is 14.2. The molecule has 0 saturated heterocycles. The van der Waals surface area contributed by atoms with E-state index in [4.69, 9.17) is 15.5 Å². The normalized spacial score (nSPS) is 14.7. The monoisotopic (exact) mass is 590 g/mol. The standard InChI is InChI=1S/C32H36F2N6O3/c1-32(2,3)43-31(42)37-26(17-20-7-11-24(35)12-8-20)30(41)39-15-16-40-27(19-39)38-28(21-5-4-6-23(34)18-21)29(40)36-25-13-9-22(33)10-14-25/h4-14,18,26,31,36-37,42H,15-17,19,35H2,1-3H3/t26-,31?/m0/s1. The van der Waals surface area contributed by atoms with Crippen molar-refractivity contribution in [1.82, 2.24) is 19.8 Å². The Balaban J connectivity index is 1.43. The summed E-state index contributed by atoms with van der Waals surface area (Å²) in [6.07, 6.45) is -1.08. The first kappa shape index (κ1) is 30.1. The van der Waals surface area contributed by atoms with Crippen molar-refractivity contribution in [2.45, 2.75) is 58.3 Å². The Bertz CT molecular complexity index is 1570. The Morgan fingerprint density at radius 1 is 1.05 bits per heavy atom. The summed E-state index contributed by atoms with van der Waals surface area (Å²) in [4.78, 5) is 20.5. The van der Waals surface area contributed by atoms with Crippen LogP contribution in [0.3, 0.4) is 0 Å². The smallest absolute Gasteiger partial charge is 0.240 e. The van der Waals surface area contributed by atoms with E-state index in [0.29, 0.717) is 53.8 Å². The van der Waals surface area contributed by atoms with E-state index in [1.165, 1.54) is 24.3 Å². The van der Waals surface area contributed by atoms with Gasteiger partial charge in [0, 0.05) is 30.0 Å². The van der Waals surface area contributed by atoms with Gasteiger partial charge in [0.15, 0.2) is 0 Å². The molecule has 1 aromatic heterocycles. The number of nitrogens with two attached hydrogens (primary N) is 1. The molecule has 4 aromatic rings. The second-order valence-corrected chi connectivity index (χ2v) is 11.5. The van der Waals surface area contributed by atoms with Crippen LogP contribution in [0.25, 0.3) is 11.3 Å². The summed E-state index contributed by atoms with van der Waals surface area (Å²) in [7, 11) is 0. The van der Waals surface area contributed by atoms with Crippen molar-refractivity contribution in [3.63, 3.8) is 0 Å². The summed E-state index contributed by atoms with van der Waals surface area (Å²) < 4.78 is 35.4. The number of benzene rings is 3. The predicted molar refractivity (Wildman–Crippen MR) is 161 cm³/mol. The van der Waals surface area contributed by atoms with E-state index in [2.05, 4.69) is 10.6 Å². The number of carbonyl (C=O) groups is 1. The predicted octanol–water partition coefficient (Wildman–Crippen LogP) is 4.79. The SMILES string of the molecule is CC(C)(C)OC(O)N[C@@H](Cc1ccc(N)cc1)C(=O)N1CCn2c(nc(-c3cccc(F)c3)c2Nc2ccc(F)cc2)C1. The molecule has 0 fully saturated rings. The van der Waals surface area contributed by atoms with Crippen molar-refractivity contribution < 1.29 is 23.4 Å². The average molecular weight is 591 g/mol. The lowest BCUT2D eigenvalue weighted by molar-refractivity contribution is -0.188. The van der Waals surface area contributed by atoms with Gasteiger partial charge >= 0.3 is 0 Å². The first-order valence-corrected chi connectivity index (χ1v) is 14.1. The van der Waals surface area contributed by atoms with E-state index in [-0.39, 0.29) is 18.3 Å². The highest BCUT2D eigenvalue weighted by Gasteiger charge is 2.32. The Hall–Kier alpha value is -4.32. The Labute approximate surface area is 249 Å². The van der Waals surface area contributed by atoms with E-state index < -0.39 is 23.9 Å². The molecule has 5 N–H and O–H groups in total. The molecule has 0 spiro atoms. The molecular formula is C32H36F2N6O3. The molecular weight excluding hydrogens is 554 g/mol. The van der Waals surface area contributed by atoms with Crippen LogP contribution in [0.1, 0.15) is 32.2 Å². The molecule has 0 aliphatic carbocycles. The molecule has 1 amide bonds. The number of nitrogens with zero attached hydrogens (tertiary/aromatic N) is 3. The number of hydrogen-bond acceptors (Lipinski definition) is 7. The summed E-state index contributed by atoms with van der Waals surface area (Å²) in [5, 5.41) is 16.9. The number of aliphatic hydroxyl groups is 1. The molecule has 226 valence electrons. The number of aromatic nitrogens is 2. The van der Waals surface area contributed by atoms with Crippen LogP contribution in [0.2, 0.25) is 0 Å². The van der Waals surface area contributed by atoms with Gasteiger partial charge in [-0.25, -0.2) is 13.8 Å². The summed E-state index contributed by atoms with van der Waals surface area (Å²) >= 11 is 0. The lowest BCUT2D eigenvalue weighted by Crippen LogP contribution is -2.54. The molecule has 1 unspecified atom stereocenters. The Kier molecular flexibility index (Phi) is 8.77. The number of halogens is 2. The van der Waals surface area contributed by atoms with Crippen molar-refractivity contribution in [2.24, 2.45) is 0 Å². The minimum Gasteiger partial charge on any atom is -0.399 e. The maximum absolute atomic E-state index is 14.2. The van der Waals surface area contributed by atoms with Gasteiger partial charge < -0.3 is 30.4 Å². The van der Waals surface area contributed by atoms with Crippen LogP contribution in [0, 0.1) is 11.6 Å². The van der Waals surface area contributed by atoms with Crippen LogP contribution in [-0.2, 0) is 29.0 Å². The van der Waals surface area contributed by atoms with Crippen molar-refractivity contribution in [1.29, 1.82) is 0 Å². The molecule has 2 heterocycles. The number of nitrogen functional groups attached to an aromatic ring is 1. The van der Waals surface area contributed by atoms with E-state index in [1.54, 1.807) is 41.3 Å². The first-order valence-electron chi connectivity index (χ1n) is 14.1. The summed E-state index contributed by atoms with van der Waals surface area (Å²) in [5.74, 6) is 0.218. The molecule has 2 atom stereocenters. The van der Waals surface area contributed by atoms with Gasteiger partial charge in [-0.15, -0.1) is 0 Å². The molecule has 0 saturated carbocycles. The number of nitrogens with one attached hydrogen (secondary N) is 2. The number of ether oxygens (including phenoxy) is 1. The van der Waals surface area contributed by atoms with Gasteiger partial charge in [-0.2, -0.15) is 0 Å². The highest BCUT2D eigenvalue weighted by molar-refractivity contribution is 5.83. The molecule has 43 heavy (non-hydrogen) atoms. The summed E-state index contributed by atoms with van der Waals surface area (Å²) in [6, 6.07) is 18.5. The maximum Gasteiger partial charge on any atom is 0.240 e. The van der Waals surface area contributed by atoms with Crippen molar-refractivity contribution in [3.8, 4) is 11.3 Å². The quantitative estimate of drug-likeness (QED) is 0.164. The molecule has 3 aromatic carbocycles. The zero-order chi connectivity index (χ0) is 30.7. The zero-order valence-electron chi connectivity index (χ0n) is 24.3. The van der Waals surface area contributed by atoms with Crippen molar-refractivity contribution >= 4 is 23.1 Å². The largest absolute Gasteiger partial charge is 0.399 e. The van der Waals surface area contributed by atoms with Gasteiger partial charge in [-0.1, -0.05) is 24.3 Å². The lowest BCUT2D eigenvalue weighted by atomic mass is 10.0. The Morgan fingerprint density at radius 2 is 1.77 bits per heavy atom. The number of rotatable bonds is 9. The molecule has 0 bridgehead atoms. The van der Waals surface area contributed by atoms with Gasteiger partial charge in [0.05, 0.1) is 18.2 Å². The third-order valence-electron chi connectivity index (χ3n) is 7.02. The number of amides is 1. The van der Waals surface area contributed by atoms with Gasteiger partial charge in [0.1, 0.15) is 29.0 Å². The molecule has 1 aliphatic rings. The number of anilines is 3. The van der Waals surface area contributed by atoms with Crippen molar-refractivity contribution in [3.05, 3.63) is 95.8 Å². The first-order chi connectivity index (χ1) is 20.4. The van der Waals surface area contributed by atoms with Crippen LogP contribution < -0.4 is 16.4 Å². The van der Waals surface area contributed by atoms with E-state index >= 15 is 0 Å². The van der Waals surface area contributed by atoms with Crippen LogP contribution in [-0.4, -0.2) is 50.1 Å². The second kappa shape index (κ2) is 12.5. The fourth-order valence-electron chi connectivity index (χ4n) is 5.02. The number of fused-ring (bicyclic) bond motifs is 1. The topological polar surface area (TPSA) is 118 Å². The minimum atomic E-state index is -1.37. The number of imidazole rings is 1. The lowest BCUT2D eigenvalue weighted by Gasteiger charge is -2.33. The average Bonchev–Trinajstić information content (AvgIpc) is 3.31. The summed E-state index contributed by atoms with van der Waals surface area (Å²) in [6.45, 7) is 6.39. The molecule has 11 heteroatoms. The van der Waals surface area contributed by atoms with Gasteiger partial charge in [-0.3, -0.25) is 10.1 Å². The van der Waals surface area contributed by atoms with Crippen LogP contribution in [0.15, 0.2) is 72.8 Å². The van der Waals surface area contributed by atoms with Crippen molar-refractivity contribution in [2.75, 3.05) is 17.6 Å². The second-order valence-electron chi connectivity index (χ2n) is 11.5. The van der Waals surface area contributed by atoms with E-state index in [0.717, 1.165) is 5.56 Å². The third kappa shape index (κ3) is 7.56. The van der Waals surface area contributed by atoms with Gasteiger partial charge in [-0.05, 0) is 81.3 Å². The van der Waals surface area contributed by atoms with E-state index in [9.17, 15) is 18.7 Å². The highest BCUT2D eigenvalue weighted by Crippen LogP contribution is 2.34. The number of hydrogen-bond donors (Lipinski definition) is 4. The number of carbonyl (C=O) groups excluding carboxylic acids is 1. The Morgan fingerprint density at radius 3 is 2.44 bits per heavy atom. The van der Waals surface area contributed by atoms with Crippen LogP contribution in [0.4, 0.5) is 26.0 Å². The molecule has 0 radical (unpaired) electrons. The molecule has 1 aliphatic heterocycles. The van der Waals surface area contributed by atoms with E-state index in [1.807, 2.05) is 37.5 Å². The van der Waals surface area contributed by atoms with Crippen LogP contribution in [0.5, 0.6) is 0 Å². The van der Waals surface area contributed by atoms with Gasteiger partial charge in [0.25, 0.3) is 0 Å². The minimum absolute atomic E-state index is 0.183. The van der Waals surface area contributed by atoms with Crippen LogP contribution >= 0.6 is 0 Å². The molecule has 5 rings (SSSR count).